The Morgan fingerprint density at radius 2 is 1.77 bits per heavy atom. The van der Waals surface area contributed by atoms with E-state index >= 15 is 0 Å². The van der Waals surface area contributed by atoms with Gasteiger partial charge in [-0.05, 0) is 41.6 Å². The van der Waals surface area contributed by atoms with E-state index in [0.717, 1.165) is 31.7 Å². The molecule has 0 amide bonds. The van der Waals surface area contributed by atoms with Crippen molar-refractivity contribution in [2.24, 2.45) is 0 Å². The van der Waals surface area contributed by atoms with Crippen molar-refractivity contribution >= 4 is 11.8 Å². The van der Waals surface area contributed by atoms with Gasteiger partial charge in [0.15, 0.2) is 0 Å². The molecule has 4 heteroatoms. The van der Waals surface area contributed by atoms with Crippen LogP contribution in [0.2, 0.25) is 0 Å². The van der Waals surface area contributed by atoms with Crippen molar-refractivity contribution in [3.63, 3.8) is 0 Å². The van der Waals surface area contributed by atoms with E-state index in [-0.39, 0.29) is 11.9 Å². The van der Waals surface area contributed by atoms with Crippen molar-refractivity contribution in [1.29, 1.82) is 0 Å². The third-order valence-corrected chi connectivity index (χ3v) is 4.86. The number of benzene rings is 2. The van der Waals surface area contributed by atoms with Gasteiger partial charge in [0, 0.05) is 31.1 Å². The van der Waals surface area contributed by atoms with Crippen LogP contribution in [-0.4, -0.2) is 37.3 Å². The van der Waals surface area contributed by atoms with E-state index in [0.29, 0.717) is 0 Å². The minimum absolute atomic E-state index is 0.119. The number of thioether (sulfide) groups is 1. The summed E-state index contributed by atoms with van der Waals surface area (Å²) < 4.78 is 13.7. The molecule has 0 spiro atoms. The topological polar surface area (TPSA) is 15.3 Å². The fourth-order valence-electron chi connectivity index (χ4n) is 3.02. The molecule has 0 bridgehead atoms. The lowest BCUT2D eigenvalue weighted by molar-refractivity contribution is 0.198. The van der Waals surface area contributed by atoms with Crippen LogP contribution < -0.4 is 5.32 Å². The first-order chi connectivity index (χ1) is 10.8. The van der Waals surface area contributed by atoms with Crippen molar-refractivity contribution in [1.82, 2.24) is 10.2 Å². The monoisotopic (exact) mass is 316 g/mol. The van der Waals surface area contributed by atoms with Crippen molar-refractivity contribution in [2.45, 2.75) is 10.9 Å². The van der Waals surface area contributed by atoms with Crippen molar-refractivity contribution in [3.8, 4) is 0 Å². The number of nitrogens with one attached hydrogen (secondary N) is 1. The summed E-state index contributed by atoms with van der Waals surface area (Å²) in [6.07, 6.45) is 2.08. The highest BCUT2D eigenvalue weighted by Gasteiger charge is 2.24. The molecule has 0 radical (unpaired) electrons. The maximum atomic E-state index is 13.7. The van der Waals surface area contributed by atoms with Gasteiger partial charge in [-0.1, -0.05) is 24.3 Å². The predicted molar refractivity (Wildman–Crippen MR) is 90.9 cm³/mol. The zero-order chi connectivity index (χ0) is 15.4. The first-order valence-electron chi connectivity index (χ1n) is 7.62. The molecule has 2 aromatic carbocycles. The number of nitrogens with zero attached hydrogens (tertiary/aromatic N) is 1. The van der Waals surface area contributed by atoms with Gasteiger partial charge in [-0.25, -0.2) is 4.39 Å². The first-order valence-corrected chi connectivity index (χ1v) is 8.84. The molecule has 2 nitrogen and oxygen atoms in total. The van der Waals surface area contributed by atoms with Gasteiger partial charge in [-0.3, -0.25) is 4.90 Å². The molecule has 0 saturated carbocycles. The van der Waals surface area contributed by atoms with Crippen molar-refractivity contribution < 1.29 is 4.39 Å². The molecule has 1 saturated heterocycles. The minimum Gasteiger partial charge on any atom is -0.314 e. The van der Waals surface area contributed by atoms with Crippen LogP contribution in [0.3, 0.4) is 0 Å². The van der Waals surface area contributed by atoms with E-state index in [1.165, 1.54) is 16.5 Å². The van der Waals surface area contributed by atoms with Gasteiger partial charge in [0.2, 0.25) is 0 Å². The van der Waals surface area contributed by atoms with Gasteiger partial charge in [0.25, 0.3) is 0 Å². The number of piperazine rings is 1. The van der Waals surface area contributed by atoms with E-state index < -0.39 is 0 Å². The largest absolute Gasteiger partial charge is 0.314 e. The van der Waals surface area contributed by atoms with Crippen LogP contribution in [0.5, 0.6) is 0 Å². The van der Waals surface area contributed by atoms with Gasteiger partial charge < -0.3 is 5.32 Å². The smallest absolute Gasteiger partial charge is 0.123 e. The summed E-state index contributed by atoms with van der Waals surface area (Å²) in [5.41, 5.74) is 2.25. The molecule has 1 fully saturated rings. The highest BCUT2D eigenvalue weighted by Crippen LogP contribution is 2.30. The predicted octanol–water partition coefficient (Wildman–Crippen LogP) is 3.54. The fraction of sp³-hybridized carbons (Fsp3) is 0.333. The summed E-state index contributed by atoms with van der Waals surface area (Å²) in [5.74, 6) is -0.168. The maximum absolute atomic E-state index is 13.7. The zero-order valence-corrected chi connectivity index (χ0v) is 13.6. The maximum Gasteiger partial charge on any atom is 0.123 e. The van der Waals surface area contributed by atoms with E-state index in [9.17, 15) is 4.39 Å². The summed E-state index contributed by atoms with van der Waals surface area (Å²) in [5, 5.41) is 3.38. The summed E-state index contributed by atoms with van der Waals surface area (Å²) in [6.45, 7) is 3.92. The first kappa shape index (κ1) is 15.5. The van der Waals surface area contributed by atoms with Crippen molar-refractivity contribution in [3.05, 3.63) is 65.5 Å². The summed E-state index contributed by atoms with van der Waals surface area (Å²) in [7, 11) is 0. The molecule has 116 valence electrons. The summed E-state index contributed by atoms with van der Waals surface area (Å²) >= 11 is 1.74. The Hall–Kier alpha value is -1.36. The number of hydrogen-bond acceptors (Lipinski definition) is 3. The number of halogens is 1. The molecule has 2 aromatic rings. The van der Waals surface area contributed by atoms with Crippen LogP contribution in [0.25, 0.3) is 0 Å². The van der Waals surface area contributed by atoms with Crippen LogP contribution in [0.15, 0.2) is 53.4 Å². The van der Waals surface area contributed by atoms with Crippen LogP contribution in [-0.2, 0) is 0 Å². The Bertz CT molecular complexity index is 609. The van der Waals surface area contributed by atoms with E-state index in [1.807, 2.05) is 6.07 Å². The average Bonchev–Trinajstić information content (AvgIpc) is 2.57. The third kappa shape index (κ3) is 3.51. The van der Waals surface area contributed by atoms with E-state index in [1.54, 1.807) is 23.9 Å². The molecule has 1 N–H and O–H groups in total. The quantitative estimate of drug-likeness (QED) is 0.869. The summed E-state index contributed by atoms with van der Waals surface area (Å²) in [4.78, 5) is 3.68. The second kappa shape index (κ2) is 7.27. The highest BCUT2D eigenvalue weighted by atomic mass is 32.2. The van der Waals surface area contributed by atoms with Gasteiger partial charge in [0.1, 0.15) is 5.82 Å². The third-order valence-electron chi connectivity index (χ3n) is 4.11. The second-order valence-corrected chi connectivity index (χ2v) is 6.40. The molecule has 0 aliphatic carbocycles. The molecule has 22 heavy (non-hydrogen) atoms. The van der Waals surface area contributed by atoms with Crippen LogP contribution in [0, 0.1) is 5.82 Å². The molecular weight excluding hydrogens is 295 g/mol. The Labute approximate surface area is 135 Å². The summed E-state index contributed by atoms with van der Waals surface area (Å²) in [6, 6.07) is 15.8. The lowest BCUT2D eigenvalue weighted by Gasteiger charge is -2.35. The molecule has 1 aliphatic rings. The lowest BCUT2D eigenvalue weighted by Crippen LogP contribution is -2.45. The molecule has 1 atom stereocenters. The molecule has 1 unspecified atom stereocenters. The van der Waals surface area contributed by atoms with Crippen LogP contribution in [0.4, 0.5) is 4.39 Å². The normalized spacial score (nSPS) is 17.4. The average molecular weight is 316 g/mol. The Kier molecular flexibility index (Phi) is 5.13. The fourth-order valence-corrected chi connectivity index (χ4v) is 3.43. The Balaban J connectivity index is 1.97. The second-order valence-electron chi connectivity index (χ2n) is 5.52. The Morgan fingerprint density at radius 1 is 1.05 bits per heavy atom. The SMILES string of the molecule is CSc1ccc(C(c2cccc(F)c2)N2CCNCC2)cc1. The molecular formula is C18H21FN2S. The van der Waals surface area contributed by atoms with Gasteiger partial charge in [-0.2, -0.15) is 0 Å². The van der Waals surface area contributed by atoms with Gasteiger partial charge >= 0.3 is 0 Å². The van der Waals surface area contributed by atoms with Gasteiger partial charge in [0.05, 0.1) is 6.04 Å². The lowest BCUT2D eigenvalue weighted by atomic mass is 9.96. The zero-order valence-electron chi connectivity index (χ0n) is 12.8. The molecule has 1 heterocycles. The minimum atomic E-state index is -0.168. The number of hydrogen-bond donors (Lipinski definition) is 1. The van der Waals surface area contributed by atoms with Gasteiger partial charge in [-0.15, -0.1) is 11.8 Å². The Morgan fingerprint density at radius 3 is 2.41 bits per heavy atom. The molecule has 3 rings (SSSR count). The van der Waals surface area contributed by atoms with Crippen LogP contribution in [0.1, 0.15) is 17.2 Å². The van der Waals surface area contributed by atoms with E-state index in [2.05, 4.69) is 40.7 Å². The highest BCUT2D eigenvalue weighted by molar-refractivity contribution is 7.98. The van der Waals surface area contributed by atoms with Crippen molar-refractivity contribution in [2.75, 3.05) is 32.4 Å². The standard InChI is InChI=1S/C18H21FN2S/c1-22-17-7-5-14(6-8-17)18(21-11-9-20-10-12-21)15-3-2-4-16(19)13-15/h2-8,13,18,20H,9-12H2,1H3. The molecule has 0 aromatic heterocycles. The van der Waals surface area contributed by atoms with E-state index in [4.69, 9.17) is 0 Å². The molecule has 1 aliphatic heterocycles. The van der Waals surface area contributed by atoms with Crippen LogP contribution >= 0.6 is 11.8 Å². The number of rotatable bonds is 4.